The average Bonchev–Trinajstić information content (AvgIpc) is 2.90. The summed E-state index contributed by atoms with van der Waals surface area (Å²) in [4.78, 5) is 14.3. The SMILES string of the molecule is CCC1(CNC(=O)c2cc(S(=O)(=O)Cl)c[nH]2)CC1. The topological polar surface area (TPSA) is 79.0 Å². The van der Waals surface area contributed by atoms with E-state index in [1.165, 1.54) is 12.3 Å². The van der Waals surface area contributed by atoms with E-state index in [1.807, 2.05) is 0 Å². The van der Waals surface area contributed by atoms with Crippen molar-refractivity contribution in [1.82, 2.24) is 10.3 Å². The molecule has 0 unspecified atom stereocenters. The minimum Gasteiger partial charge on any atom is -0.356 e. The number of hydrogen-bond donors (Lipinski definition) is 2. The van der Waals surface area contributed by atoms with Gasteiger partial charge in [0, 0.05) is 23.4 Å². The number of aromatic nitrogens is 1. The quantitative estimate of drug-likeness (QED) is 0.813. The Morgan fingerprint density at radius 1 is 1.56 bits per heavy atom. The number of carbonyl (C=O) groups excluding carboxylic acids is 1. The Balaban J connectivity index is 1.99. The van der Waals surface area contributed by atoms with Crippen LogP contribution in [0, 0.1) is 5.41 Å². The van der Waals surface area contributed by atoms with E-state index in [-0.39, 0.29) is 21.9 Å². The molecular weight excluding hydrogens is 276 g/mol. The summed E-state index contributed by atoms with van der Waals surface area (Å²) in [6.45, 7) is 2.73. The molecule has 0 bridgehead atoms. The van der Waals surface area contributed by atoms with Crippen molar-refractivity contribution in [3.8, 4) is 0 Å². The molecule has 7 heteroatoms. The molecule has 0 saturated heterocycles. The van der Waals surface area contributed by atoms with Crippen LogP contribution in [0.5, 0.6) is 0 Å². The maximum Gasteiger partial charge on any atom is 0.267 e. The average molecular weight is 291 g/mol. The van der Waals surface area contributed by atoms with Crippen LogP contribution < -0.4 is 5.32 Å². The van der Waals surface area contributed by atoms with Gasteiger partial charge in [-0.25, -0.2) is 8.42 Å². The van der Waals surface area contributed by atoms with Crippen molar-refractivity contribution in [2.75, 3.05) is 6.54 Å². The second-order valence-corrected chi connectivity index (χ2v) is 7.29. The number of rotatable bonds is 5. The minimum absolute atomic E-state index is 0.0917. The van der Waals surface area contributed by atoms with Gasteiger partial charge in [-0.2, -0.15) is 0 Å². The highest BCUT2D eigenvalue weighted by Gasteiger charge is 2.40. The molecule has 0 atom stereocenters. The molecule has 2 rings (SSSR count). The number of carbonyl (C=O) groups is 1. The summed E-state index contributed by atoms with van der Waals surface area (Å²) in [5, 5.41) is 2.81. The van der Waals surface area contributed by atoms with Crippen LogP contribution in [0.2, 0.25) is 0 Å². The largest absolute Gasteiger partial charge is 0.356 e. The maximum absolute atomic E-state index is 11.8. The lowest BCUT2D eigenvalue weighted by atomic mass is 10.0. The molecule has 1 aliphatic rings. The highest BCUT2D eigenvalue weighted by Crippen LogP contribution is 2.47. The fourth-order valence-corrected chi connectivity index (χ4v) is 2.57. The fourth-order valence-electron chi connectivity index (χ4n) is 1.84. The summed E-state index contributed by atoms with van der Waals surface area (Å²) in [7, 11) is 1.39. The number of hydrogen-bond acceptors (Lipinski definition) is 3. The molecule has 1 saturated carbocycles. The smallest absolute Gasteiger partial charge is 0.267 e. The van der Waals surface area contributed by atoms with Gasteiger partial charge >= 0.3 is 0 Å². The summed E-state index contributed by atoms with van der Waals surface area (Å²) < 4.78 is 22.1. The van der Waals surface area contributed by atoms with Gasteiger partial charge in [-0.05, 0) is 30.7 Å². The molecule has 0 aliphatic heterocycles. The number of halogens is 1. The van der Waals surface area contributed by atoms with Gasteiger partial charge in [-0.15, -0.1) is 0 Å². The van der Waals surface area contributed by atoms with Crippen LogP contribution >= 0.6 is 10.7 Å². The molecule has 0 aromatic carbocycles. The van der Waals surface area contributed by atoms with Gasteiger partial charge in [0.05, 0.1) is 0 Å². The van der Waals surface area contributed by atoms with Crippen molar-refractivity contribution in [1.29, 1.82) is 0 Å². The summed E-state index contributed by atoms with van der Waals surface area (Å²) in [5.41, 5.74) is 0.463. The zero-order chi connectivity index (χ0) is 13.4. The lowest BCUT2D eigenvalue weighted by Crippen LogP contribution is -2.30. The molecule has 1 aromatic heterocycles. The van der Waals surface area contributed by atoms with Gasteiger partial charge in [0.2, 0.25) is 0 Å². The second-order valence-electron chi connectivity index (χ2n) is 4.72. The normalized spacial score (nSPS) is 17.4. The summed E-state index contributed by atoms with van der Waals surface area (Å²) in [6, 6.07) is 1.24. The second kappa shape index (κ2) is 4.59. The molecule has 1 aliphatic carbocycles. The number of aromatic amines is 1. The number of nitrogens with one attached hydrogen (secondary N) is 2. The zero-order valence-corrected chi connectivity index (χ0v) is 11.6. The Hall–Kier alpha value is -1.01. The van der Waals surface area contributed by atoms with Crippen LogP contribution in [-0.4, -0.2) is 25.9 Å². The van der Waals surface area contributed by atoms with Gasteiger partial charge in [0.25, 0.3) is 15.0 Å². The van der Waals surface area contributed by atoms with Crippen LogP contribution in [-0.2, 0) is 9.05 Å². The van der Waals surface area contributed by atoms with E-state index in [9.17, 15) is 13.2 Å². The Morgan fingerprint density at radius 3 is 2.67 bits per heavy atom. The lowest BCUT2D eigenvalue weighted by molar-refractivity contribution is 0.0940. The molecule has 2 N–H and O–H groups in total. The first-order chi connectivity index (χ1) is 8.36. The van der Waals surface area contributed by atoms with E-state index in [1.54, 1.807) is 0 Å². The van der Waals surface area contributed by atoms with E-state index in [2.05, 4.69) is 17.2 Å². The molecule has 0 radical (unpaired) electrons. The maximum atomic E-state index is 11.8. The molecule has 0 spiro atoms. The highest BCUT2D eigenvalue weighted by molar-refractivity contribution is 8.13. The van der Waals surface area contributed by atoms with E-state index >= 15 is 0 Å². The van der Waals surface area contributed by atoms with Crippen molar-refractivity contribution in [3.05, 3.63) is 18.0 Å². The van der Waals surface area contributed by atoms with E-state index in [0.29, 0.717) is 6.54 Å². The fraction of sp³-hybridized carbons (Fsp3) is 0.545. The molecule has 1 fully saturated rings. The molecule has 5 nitrogen and oxygen atoms in total. The van der Waals surface area contributed by atoms with Gasteiger partial charge in [-0.1, -0.05) is 6.92 Å². The Kier molecular flexibility index (Phi) is 3.42. The van der Waals surface area contributed by atoms with Crippen LogP contribution in [0.15, 0.2) is 17.2 Å². The predicted molar refractivity (Wildman–Crippen MR) is 68.1 cm³/mol. The Labute approximate surface area is 110 Å². The molecule has 18 heavy (non-hydrogen) atoms. The molecule has 1 aromatic rings. The van der Waals surface area contributed by atoms with E-state index in [4.69, 9.17) is 10.7 Å². The summed E-state index contributed by atoms with van der Waals surface area (Å²) >= 11 is 0. The van der Waals surface area contributed by atoms with Gasteiger partial charge < -0.3 is 10.3 Å². The predicted octanol–water partition coefficient (Wildman–Crippen LogP) is 1.86. The summed E-state index contributed by atoms with van der Waals surface area (Å²) in [6.07, 6.45) is 4.52. The van der Waals surface area contributed by atoms with E-state index < -0.39 is 9.05 Å². The van der Waals surface area contributed by atoms with Crippen LogP contribution in [0.4, 0.5) is 0 Å². The third-order valence-corrected chi connectivity index (χ3v) is 4.85. The standard InChI is InChI=1S/C11H15ClN2O3S/c1-2-11(3-4-11)7-14-10(15)9-5-8(6-13-9)18(12,16)17/h5-6,13H,2-4,7H2,1H3,(H,14,15). The lowest BCUT2D eigenvalue weighted by Gasteiger charge is -2.12. The third kappa shape index (κ3) is 2.87. The third-order valence-electron chi connectivity index (χ3n) is 3.51. The minimum atomic E-state index is -3.79. The summed E-state index contributed by atoms with van der Waals surface area (Å²) in [5.74, 6) is -0.304. The van der Waals surface area contributed by atoms with Crippen LogP contribution in [0.25, 0.3) is 0 Å². The molecular formula is C11H15ClN2O3S. The Bertz CT molecular complexity index is 561. The van der Waals surface area contributed by atoms with Crippen LogP contribution in [0.3, 0.4) is 0 Å². The highest BCUT2D eigenvalue weighted by atomic mass is 35.7. The molecule has 1 amide bonds. The molecule has 100 valence electrons. The first-order valence-electron chi connectivity index (χ1n) is 5.78. The zero-order valence-electron chi connectivity index (χ0n) is 9.99. The Morgan fingerprint density at radius 2 is 2.22 bits per heavy atom. The van der Waals surface area contributed by atoms with Crippen LogP contribution in [0.1, 0.15) is 36.7 Å². The van der Waals surface area contributed by atoms with Crippen molar-refractivity contribution >= 4 is 25.6 Å². The van der Waals surface area contributed by atoms with Crippen molar-refractivity contribution in [2.45, 2.75) is 31.1 Å². The van der Waals surface area contributed by atoms with Gasteiger partial charge in [0.15, 0.2) is 0 Å². The number of H-pyrrole nitrogens is 1. The monoisotopic (exact) mass is 290 g/mol. The molecule has 1 heterocycles. The first kappa shape index (κ1) is 13.4. The first-order valence-corrected chi connectivity index (χ1v) is 8.08. The van der Waals surface area contributed by atoms with Gasteiger partial charge in [-0.3, -0.25) is 4.79 Å². The van der Waals surface area contributed by atoms with Crippen molar-refractivity contribution in [3.63, 3.8) is 0 Å². The van der Waals surface area contributed by atoms with Crippen molar-refractivity contribution in [2.24, 2.45) is 5.41 Å². The van der Waals surface area contributed by atoms with Gasteiger partial charge in [0.1, 0.15) is 10.6 Å². The van der Waals surface area contributed by atoms with E-state index in [0.717, 1.165) is 19.3 Å². The number of amides is 1. The van der Waals surface area contributed by atoms with Crippen molar-refractivity contribution < 1.29 is 13.2 Å².